The van der Waals surface area contributed by atoms with E-state index in [2.05, 4.69) is 125 Å². The van der Waals surface area contributed by atoms with Gasteiger partial charge in [0.05, 0.1) is 0 Å². The van der Waals surface area contributed by atoms with Crippen molar-refractivity contribution in [1.82, 2.24) is 4.57 Å². The van der Waals surface area contributed by atoms with Gasteiger partial charge < -0.3 is 0 Å². The number of nitriles is 1. The summed E-state index contributed by atoms with van der Waals surface area (Å²) < 4.78 is 5.07. The first-order chi connectivity index (χ1) is 19.8. The fourth-order valence-electron chi connectivity index (χ4n) is 6.00. The summed E-state index contributed by atoms with van der Waals surface area (Å²) in [5, 5.41) is 11.9. The number of nitrogens with zero attached hydrogens (tertiary/aromatic N) is 3. The van der Waals surface area contributed by atoms with Gasteiger partial charge in [0.15, 0.2) is 0 Å². The van der Waals surface area contributed by atoms with Crippen LogP contribution in [-0.2, 0) is 0 Å². The molecule has 0 saturated heterocycles. The second-order valence-corrected chi connectivity index (χ2v) is 12.2. The zero-order chi connectivity index (χ0) is 26.6. The molecule has 0 N–H and O–H groups in total. The molecule has 0 aliphatic heterocycles. The number of hydrogen-bond donors (Lipinski definition) is 0. The molecule has 186 valence electrons. The predicted molar refractivity (Wildman–Crippen MR) is 165 cm³/mol. The summed E-state index contributed by atoms with van der Waals surface area (Å²) in [6.07, 6.45) is 2.01. The van der Waals surface area contributed by atoms with E-state index in [0.717, 1.165) is 28.0 Å². The number of aliphatic imine (C=N–C) groups is 1. The van der Waals surface area contributed by atoms with E-state index in [1.165, 1.54) is 47.5 Å². The van der Waals surface area contributed by atoms with E-state index >= 15 is 0 Å². The number of fused-ring (bicyclic) bond motifs is 6. The molecule has 0 saturated carbocycles. The van der Waals surface area contributed by atoms with Crippen LogP contribution in [0, 0.1) is 11.5 Å². The molecule has 40 heavy (non-hydrogen) atoms. The molecule has 0 unspecified atom stereocenters. The first kappa shape index (κ1) is 23.0. The predicted octanol–water partition coefficient (Wildman–Crippen LogP) is 8.47. The van der Waals surface area contributed by atoms with Crippen molar-refractivity contribution in [2.75, 3.05) is 0 Å². The molecule has 0 amide bonds. The summed E-state index contributed by atoms with van der Waals surface area (Å²) in [5.41, 5.74) is 11.2. The molecule has 0 radical (unpaired) electrons. The Morgan fingerprint density at radius 1 is 0.550 bits per heavy atom. The van der Waals surface area contributed by atoms with E-state index < -0.39 is 0 Å². The van der Waals surface area contributed by atoms with Crippen LogP contribution < -0.4 is 0 Å². The molecular formula is C36H21N3Se. The Balaban J connectivity index is 1.24. The molecule has 0 bridgehead atoms. The van der Waals surface area contributed by atoms with Crippen LogP contribution in [-0.4, -0.2) is 24.8 Å². The van der Waals surface area contributed by atoms with Crippen molar-refractivity contribution >= 4 is 42.0 Å². The summed E-state index contributed by atoms with van der Waals surface area (Å²) in [7, 11) is 0. The van der Waals surface area contributed by atoms with Crippen LogP contribution in [0.1, 0.15) is 11.1 Å². The number of para-hydroxylation sites is 2. The second-order valence-electron chi connectivity index (χ2n) is 9.95. The molecule has 1 aliphatic carbocycles. The summed E-state index contributed by atoms with van der Waals surface area (Å²) in [6, 6.07) is 45.5. The van der Waals surface area contributed by atoms with Crippen molar-refractivity contribution in [3.05, 3.63) is 139 Å². The van der Waals surface area contributed by atoms with Gasteiger partial charge in [-0.3, -0.25) is 0 Å². The van der Waals surface area contributed by atoms with Gasteiger partial charge in [-0.15, -0.1) is 0 Å². The fourth-order valence-corrected chi connectivity index (χ4v) is 8.09. The molecule has 1 aliphatic rings. The third-order valence-corrected chi connectivity index (χ3v) is 10.3. The molecule has 7 aromatic rings. The zero-order valence-electron chi connectivity index (χ0n) is 21.4. The first-order valence-corrected chi connectivity index (χ1v) is 14.9. The Bertz CT molecular complexity index is 2170. The number of aromatic nitrogens is 1. The SMILES string of the molecule is N#CN=C1c2ccccc2-c2ccc(-c3ccc(-c4ccc5c6ccccc6n(-c6ccccc6)c5c4)[se]3)cc21. The Hall–Kier alpha value is -4.94. The normalized spacial score (nSPS) is 13.0. The third kappa shape index (κ3) is 3.46. The van der Waals surface area contributed by atoms with Gasteiger partial charge in [-0.05, 0) is 0 Å². The van der Waals surface area contributed by atoms with Gasteiger partial charge in [0.1, 0.15) is 0 Å². The van der Waals surface area contributed by atoms with Crippen LogP contribution in [0.25, 0.3) is 58.6 Å². The van der Waals surface area contributed by atoms with E-state index in [-0.39, 0.29) is 14.5 Å². The number of hydrogen-bond acceptors (Lipinski definition) is 2. The van der Waals surface area contributed by atoms with Crippen molar-refractivity contribution in [2.24, 2.45) is 4.99 Å². The molecule has 5 aromatic carbocycles. The van der Waals surface area contributed by atoms with Crippen molar-refractivity contribution in [3.63, 3.8) is 0 Å². The van der Waals surface area contributed by atoms with Crippen molar-refractivity contribution in [1.29, 1.82) is 5.26 Å². The molecule has 2 aromatic heterocycles. The molecule has 0 spiro atoms. The molecule has 8 rings (SSSR count). The minimum atomic E-state index is 0.156. The van der Waals surface area contributed by atoms with Gasteiger partial charge in [0.2, 0.25) is 0 Å². The maximum atomic E-state index is 9.38. The molecule has 0 atom stereocenters. The monoisotopic (exact) mass is 575 g/mol. The number of rotatable bonds is 3. The Morgan fingerprint density at radius 2 is 1.20 bits per heavy atom. The fraction of sp³-hybridized carbons (Fsp3) is 0. The average Bonchev–Trinajstić information content (AvgIpc) is 3.71. The summed E-state index contributed by atoms with van der Waals surface area (Å²) >= 11 is 0.156. The summed E-state index contributed by atoms with van der Waals surface area (Å²) in [5.74, 6) is 0. The van der Waals surface area contributed by atoms with Crippen molar-refractivity contribution < 1.29 is 0 Å². The molecular weight excluding hydrogens is 553 g/mol. The van der Waals surface area contributed by atoms with E-state index in [0.29, 0.717) is 0 Å². The first-order valence-electron chi connectivity index (χ1n) is 13.2. The molecule has 3 nitrogen and oxygen atoms in total. The van der Waals surface area contributed by atoms with E-state index in [1.807, 2.05) is 18.3 Å². The average molecular weight is 575 g/mol. The molecule has 0 fully saturated rings. The van der Waals surface area contributed by atoms with Gasteiger partial charge >= 0.3 is 238 Å². The van der Waals surface area contributed by atoms with Crippen molar-refractivity contribution in [2.45, 2.75) is 0 Å². The quantitative estimate of drug-likeness (QED) is 0.154. The summed E-state index contributed by atoms with van der Waals surface area (Å²) in [4.78, 5) is 4.21. The van der Waals surface area contributed by atoms with E-state index in [9.17, 15) is 5.26 Å². The van der Waals surface area contributed by atoms with Gasteiger partial charge in [0.25, 0.3) is 0 Å². The van der Waals surface area contributed by atoms with E-state index in [1.54, 1.807) is 0 Å². The van der Waals surface area contributed by atoms with Gasteiger partial charge in [-0.25, -0.2) is 0 Å². The van der Waals surface area contributed by atoms with Gasteiger partial charge in [0, 0.05) is 0 Å². The van der Waals surface area contributed by atoms with Crippen molar-refractivity contribution in [3.8, 4) is 43.0 Å². The van der Waals surface area contributed by atoms with E-state index in [4.69, 9.17) is 0 Å². The van der Waals surface area contributed by atoms with Crippen LogP contribution in [0.5, 0.6) is 0 Å². The van der Waals surface area contributed by atoms with Crippen LogP contribution in [0.2, 0.25) is 0 Å². The van der Waals surface area contributed by atoms with Crippen LogP contribution in [0.4, 0.5) is 0 Å². The Kier molecular flexibility index (Phi) is 5.21. The third-order valence-electron chi connectivity index (χ3n) is 7.77. The molecule has 2 heterocycles. The topological polar surface area (TPSA) is 41.1 Å². The Labute approximate surface area is 237 Å². The van der Waals surface area contributed by atoms with Crippen LogP contribution in [0.15, 0.2) is 132 Å². The standard InChI is InChI=1S/C36H21N3Se/c37-22-38-36-30-12-5-4-10-26(30)27-16-14-23(20-31(27)36)34-18-19-35(40-34)24-15-17-29-28-11-6-7-13-32(28)39(33(29)21-24)25-8-2-1-3-9-25/h1-21H. The second kappa shape index (κ2) is 9.07. The van der Waals surface area contributed by atoms with Crippen LogP contribution in [0.3, 0.4) is 0 Å². The number of benzene rings is 5. The Morgan fingerprint density at radius 3 is 2.02 bits per heavy atom. The summed E-state index contributed by atoms with van der Waals surface area (Å²) in [6.45, 7) is 0. The van der Waals surface area contributed by atoms with Gasteiger partial charge in [-0.1, -0.05) is 0 Å². The maximum absolute atomic E-state index is 9.38. The molecule has 4 heteroatoms. The van der Waals surface area contributed by atoms with Gasteiger partial charge in [-0.2, -0.15) is 0 Å². The van der Waals surface area contributed by atoms with Crippen LogP contribution >= 0.6 is 0 Å². The zero-order valence-corrected chi connectivity index (χ0v) is 23.1. The minimum absolute atomic E-state index is 0.156.